The van der Waals surface area contributed by atoms with Crippen molar-refractivity contribution in [1.29, 1.82) is 0 Å². The smallest absolute Gasteiger partial charge is 0.320 e. The van der Waals surface area contributed by atoms with E-state index in [-0.39, 0.29) is 6.03 Å². The Labute approximate surface area is 119 Å². The third-order valence-electron chi connectivity index (χ3n) is 3.34. The molecule has 1 rings (SSSR count). The second-order valence-electron chi connectivity index (χ2n) is 4.60. The van der Waals surface area contributed by atoms with Gasteiger partial charge in [-0.1, -0.05) is 43.8 Å². The van der Waals surface area contributed by atoms with Crippen LogP contribution in [0.4, 0.5) is 10.5 Å². The van der Waals surface area contributed by atoms with Crippen LogP contribution in [0.15, 0.2) is 24.3 Å². The number of rotatable bonds is 5. The van der Waals surface area contributed by atoms with E-state index < -0.39 is 5.54 Å². The Bertz CT molecular complexity index is 452. The van der Waals surface area contributed by atoms with Crippen molar-refractivity contribution in [1.82, 2.24) is 5.32 Å². The highest BCUT2D eigenvalue weighted by Gasteiger charge is 2.31. The number of aryl methyl sites for hydroxylation is 1. The first-order valence-corrected chi connectivity index (χ1v) is 6.80. The lowest BCUT2D eigenvalue weighted by Gasteiger charge is -2.31. The van der Waals surface area contributed by atoms with Crippen molar-refractivity contribution in [2.75, 3.05) is 5.32 Å². The molecule has 0 saturated carbocycles. The molecule has 19 heavy (non-hydrogen) atoms. The van der Waals surface area contributed by atoms with Crippen LogP contribution in [0.5, 0.6) is 0 Å². The number of benzene rings is 1. The quantitative estimate of drug-likeness (QED) is 0.726. The summed E-state index contributed by atoms with van der Waals surface area (Å²) in [5.74, 6) is 0. The van der Waals surface area contributed by atoms with E-state index in [2.05, 4.69) is 10.6 Å². The Kier molecular flexibility index (Phi) is 5.30. The van der Waals surface area contributed by atoms with E-state index in [4.69, 9.17) is 18.0 Å². The molecule has 0 aliphatic carbocycles. The van der Waals surface area contributed by atoms with Gasteiger partial charge in [0.25, 0.3) is 0 Å². The fraction of sp³-hybridized carbons (Fsp3) is 0.429. The lowest BCUT2D eigenvalue weighted by Crippen LogP contribution is -2.57. The zero-order valence-electron chi connectivity index (χ0n) is 11.6. The number of amides is 2. The maximum Gasteiger partial charge on any atom is 0.320 e. The third-order valence-corrected chi connectivity index (χ3v) is 3.73. The molecular weight excluding hydrogens is 258 g/mol. The molecule has 2 amide bonds. The van der Waals surface area contributed by atoms with Gasteiger partial charge >= 0.3 is 6.03 Å². The molecule has 104 valence electrons. The highest BCUT2D eigenvalue weighted by molar-refractivity contribution is 7.80. The summed E-state index contributed by atoms with van der Waals surface area (Å²) in [5.41, 5.74) is 7.01. The van der Waals surface area contributed by atoms with Crippen molar-refractivity contribution in [2.24, 2.45) is 5.73 Å². The van der Waals surface area contributed by atoms with Gasteiger partial charge < -0.3 is 16.4 Å². The summed E-state index contributed by atoms with van der Waals surface area (Å²) in [6, 6.07) is 7.30. The minimum Gasteiger partial charge on any atom is -0.391 e. The molecule has 1 aromatic carbocycles. The Morgan fingerprint density at radius 3 is 2.21 bits per heavy atom. The van der Waals surface area contributed by atoms with Crippen LogP contribution in [0, 0.1) is 6.92 Å². The van der Waals surface area contributed by atoms with Gasteiger partial charge in [-0.05, 0) is 31.9 Å². The van der Waals surface area contributed by atoms with Crippen LogP contribution >= 0.6 is 12.2 Å². The highest BCUT2D eigenvalue weighted by Crippen LogP contribution is 2.16. The topological polar surface area (TPSA) is 67.2 Å². The molecule has 0 bridgehead atoms. The molecule has 0 saturated heterocycles. The van der Waals surface area contributed by atoms with Gasteiger partial charge in [-0.25, -0.2) is 4.79 Å². The van der Waals surface area contributed by atoms with E-state index >= 15 is 0 Å². The maximum absolute atomic E-state index is 12.0. The van der Waals surface area contributed by atoms with Gasteiger partial charge in [0.1, 0.15) is 0 Å². The molecule has 0 heterocycles. The normalized spacial score (nSPS) is 10.9. The molecule has 0 spiro atoms. The Morgan fingerprint density at radius 1 is 1.26 bits per heavy atom. The van der Waals surface area contributed by atoms with E-state index in [0.29, 0.717) is 17.8 Å². The molecule has 0 aliphatic rings. The number of carbonyl (C=O) groups excluding carboxylic acids is 1. The molecule has 0 aromatic heterocycles. The Morgan fingerprint density at radius 2 is 1.79 bits per heavy atom. The minimum absolute atomic E-state index is 0.291. The Balaban J connectivity index is 2.73. The molecule has 1 aromatic rings. The lowest BCUT2D eigenvalue weighted by molar-refractivity contribution is 0.243. The Hall–Kier alpha value is -1.62. The van der Waals surface area contributed by atoms with Crippen molar-refractivity contribution in [3.8, 4) is 0 Å². The second-order valence-corrected chi connectivity index (χ2v) is 5.04. The first-order valence-electron chi connectivity index (χ1n) is 6.39. The number of urea groups is 1. The molecule has 4 N–H and O–H groups in total. The molecule has 4 nitrogen and oxygen atoms in total. The number of hydrogen-bond donors (Lipinski definition) is 3. The highest BCUT2D eigenvalue weighted by atomic mass is 32.1. The number of anilines is 1. The van der Waals surface area contributed by atoms with Gasteiger partial charge in [-0.15, -0.1) is 0 Å². The summed E-state index contributed by atoms with van der Waals surface area (Å²) >= 11 is 5.06. The van der Waals surface area contributed by atoms with Crippen LogP contribution in [-0.4, -0.2) is 16.6 Å². The molecule has 0 fully saturated rings. The third kappa shape index (κ3) is 3.92. The van der Waals surface area contributed by atoms with Gasteiger partial charge in [0.2, 0.25) is 0 Å². The van der Waals surface area contributed by atoms with Gasteiger partial charge in [0.05, 0.1) is 10.5 Å². The molecule has 0 atom stereocenters. The summed E-state index contributed by atoms with van der Waals surface area (Å²) < 4.78 is 0. The zero-order valence-corrected chi connectivity index (χ0v) is 12.4. The number of nitrogens with two attached hydrogens (primary N) is 1. The molecule has 0 radical (unpaired) electrons. The van der Waals surface area contributed by atoms with Crippen molar-refractivity contribution >= 4 is 28.9 Å². The number of thiocarbonyl (C=S) groups is 1. The van der Waals surface area contributed by atoms with Crippen LogP contribution in [0.3, 0.4) is 0 Å². The van der Waals surface area contributed by atoms with E-state index in [9.17, 15) is 4.79 Å². The van der Waals surface area contributed by atoms with Gasteiger partial charge in [-0.3, -0.25) is 0 Å². The molecule has 0 aliphatic heterocycles. The SMILES string of the molecule is CCC(CC)(NC(=O)Nc1ccc(C)cc1)C(N)=S. The van der Waals surface area contributed by atoms with Gasteiger partial charge in [-0.2, -0.15) is 0 Å². The monoisotopic (exact) mass is 279 g/mol. The average Bonchev–Trinajstić information content (AvgIpc) is 2.38. The number of carbonyl (C=O) groups is 1. The van der Waals surface area contributed by atoms with Gasteiger partial charge in [0, 0.05) is 5.69 Å². The maximum atomic E-state index is 12.0. The summed E-state index contributed by atoms with van der Waals surface area (Å²) in [6.07, 6.45) is 1.33. The van der Waals surface area contributed by atoms with E-state index in [0.717, 1.165) is 11.3 Å². The second kappa shape index (κ2) is 6.52. The number of nitrogens with one attached hydrogen (secondary N) is 2. The van der Waals surface area contributed by atoms with Crippen molar-refractivity contribution < 1.29 is 4.79 Å². The average molecular weight is 279 g/mol. The predicted octanol–water partition coefficient (Wildman–Crippen LogP) is 2.96. The molecule has 5 heteroatoms. The van der Waals surface area contributed by atoms with Crippen LogP contribution in [-0.2, 0) is 0 Å². The van der Waals surface area contributed by atoms with Crippen LogP contribution in [0.25, 0.3) is 0 Å². The largest absolute Gasteiger partial charge is 0.391 e. The van der Waals surface area contributed by atoms with E-state index in [1.165, 1.54) is 0 Å². The summed E-state index contributed by atoms with van der Waals surface area (Å²) in [5, 5.41) is 5.66. The standard InChI is InChI=1S/C14H21N3OS/c1-4-14(5-2,12(15)19)17-13(18)16-11-8-6-10(3)7-9-11/h6-9H,4-5H2,1-3H3,(H2,15,19)(H2,16,17,18). The van der Waals surface area contributed by atoms with Crippen molar-refractivity contribution in [2.45, 2.75) is 39.2 Å². The van der Waals surface area contributed by atoms with E-state index in [1.807, 2.05) is 45.0 Å². The van der Waals surface area contributed by atoms with Crippen molar-refractivity contribution in [3.05, 3.63) is 29.8 Å². The van der Waals surface area contributed by atoms with Crippen LogP contribution < -0.4 is 16.4 Å². The fourth-order valence-corrected chi connectivity index (χ4v) is 2.19. The number of hydrogen-bond acceptors (Lipinski definition) is 2. The zero-order chi connectivity index (χ0) is 14.5. The first kappa shape index (κ1) is 15.4. The summed E-state index contributed by atoms with van der Waals surface area (Å²) in [4.78, 5) is 12.3. The van der Waals surface area contributed by atoms with E-state index in [1.54, 1.807) is 0 Å². The van der Waals surface area contributed by atoms with Crippen LogP contribution in [0.2, 0.25) is 0 Å². The molecular formula is C14H21N3OS. The first-order chi connectivity index (χ1) is 8.93. The fourth-order valence-electron chi connectivity index (χ4n) is 1.85. The molecule has 0 unspecified atom stereocenters. The predicted molar refractivity (Wildman–Crippen MR) is 83.4 cm³/mol. The van der Waals surface area contributed by atoms with Crippen LogP contribution in [0.1, 0.15) is 32.3 Å². The van der Waals surface area contributed by atoms with Crippen molar-refractivity contribution in [3.63, 3.8) is 0 Å². The minimum atomic E-state index is -0.621. The summed E-state index contributed by atoms with van der Waals surface area (Å²) in [6.45, 7) is 5.90. The van der Waals surface area contributed by atoms with Gasteiger partial charge in [0.15, 0.2) is 0 Å². The summed E-state index contributed by atoms with van der Waals surface area (Å²) in [7, 11) is 0. The lowest BCUT2D eigenvalue weighted by atomic mass is 9.93.